The normalized spacial score (nSPS) is 16.0. The molecule has 0 bridgehead atoms. The Bertz CT molecular complexity index is 341. The van der Waals surface area contributed by atoms with Gasteiger partial charge in [0.2, 0.25) is 0 Å². The molecule has 0 heterocycles. The van der Waals surface area contributed by atoms with Crippen LogP contribution in [0.5, 0.6) is 0 Å². The molecule has 1 aromatic carbocycles. The maximum atomic E-state index is 11.7. The van der Waals surface area contributed by atoms with Gasteiger partial charge < -0.3 is 5.32 Å². The Hall–Kier alpha value is -1.31. The van der Waals surface area contributed by atoms with Gasteiger partial charge in [-0.05, 0) is 30.9 Å². The van der Waals surface area contributed by atoms with Gasteiger partial charge in [0.1, 0.15) is 0 Å². The zero-order chi connectivity index (χ0) is 11.9. The van der Waals surface area contributed by atoms with E-state index in [1.54, 1.807) is 0 Å². The van der Waals surface area contributed by atoms with Crippen molar-refractivity contribution in [2.75, 3.05) is 6.54 Å². The molecule has 1 aliphatic carbocycles. The molecule has 1 amide bonds. The van der Waals surface area contributed by atoms with Crippen LogP contribution in [-0.4, -0.2) is 12.5 Å². The standard InChI is InChI=1S/C15H21NO/c17-15(14-10-2-1-3-11-14)16-12-6-9-13-7-4-5-8-13/h1-3,10-11,13H,4-9,12H2,(H,16,17). The van der Waals surface area contributed by atoms with E-state index in [4.69, 9.17) is 0 Å². The molecule has 1 N–H and O–H groups in total. The second-order valence-electron chi connectivity index (χ2n) is 4.91. The summed E-state index contributed by atoms with van der Waals surface area (Å²) in [4.78, 5) is 11.7. The number of hydrogen-bond donors (Lipinski definition) is 1. The fourth-order valence-corrected chi connectivity index (χ4v) is 2.58. The molecule has 2 nitrogen and oxygen atoms in total. The molecule has 1 saturated carbocycles. The Morgan fingerprint density at radius 3 is 2.59 bits per heavy atom. The van der Waals surface area contributed by atoms with Gasteiger partial charge in [-0.25, -0.2) is 0 Å². The van der Waals surface area contributed by atoms with Crippen LogP contribution >= 0.6 is 0 Å². The zero-order valence-corrected chi connectivity index (χ0v) is 10.3. The Kier molecular flexibility index (Phi) is 4.60. The van der Waals surface area contributed by atoms with E-state index in [0.717, 1.165) is 24.4 Å². The van der Waals surface area contributed by atoms with Crippen molar-refractivity contribution < 1.29 is 4.79 Å². The summed E-state index contributed by atoms with van der Waals surface area (Å²) in [5.74, 6) is 0.973. The van der Waals surface area contributed by atoms with E-state index >= 15 is 0 Å². The number of nitrogens with one attached hydrogen (secondary N) is 1. The van der Waals surface area contributed by atoms with Gasteiger partial charge in [-0.1, -0.05) is 43.9 Å². The van der Waals surface area contributed by atoms with Gasteiger partial charge in [-0.3, -0.25) is 4.79 Å². The number of amides is 1. The average molecular weight is 231 g/mol. The molecule has 1 aliphatic rings. The summed E-state index contributed by atoms with van der Waals surface area (Å²) in [6, 6.07) is 9.43. The molecule has 0 aromatic heterocycles. The van der Waals surface area contributed by atoms with Crippen LogP contribution in [0.25, 0.3) is 0 Å². The van der Waals surface area contributed by atoms with E-state index in [1.165, 1.54) is 32.1 Å². The van der Waals surface area contributed by atoms with Crippen molar-refractivity contribution in [3.8, 4) is 0 Å². The van der Waals surface area contributed by atoms with Crippen LogP contribution in [0.15, 0.2) is 30.3 Å². The summed E-state index contributed by atoms with van der Waals surface area (Å²) in [6.45, 7) is 0.810. The molecule has 0 radical (unpaired) electrons. The Labute approximate surface area is 103 Å². The lowest BCUT2D eigenvalue weighted by Crippen LogP contribution is -2.24. The van der Waals surface area contributed by atoms with Crippen LogP contribution in [-0.2, 0) is 0 Å². The summed E-state index contributed by atoms with van der Waals surface area (Å²) in [5, 5.41) is 2.98. The maximum Gasteiger partial charge on any atom is 0.251 e. The highest BCUT2D eigenvalue weighted by molar-refractivity contribution is 5.94. The molecular formula is C15H21NO. The highest BCUT2D eigenvalue weighted by Crippen LogP contribution is 2.28. The highest BCUT2D eigenvalue weighted by atomic mass is 16.1. The zero-order valence-electron chi connectivity index (χ0n) is 10.3. The quantitative estimate of drug-likeness (QED) is 0.773. The first kappa shape index (κ1) is 12.2. The van der Waals surface area contributed by atoms with Crippen LogP contribution in [0, 0.1) is 5.92 Å². The third kappa shape index (κ3) is 3.88. The van der Waals surface area contributed by atoms with Gasteiger partial charge in [0.05, 0.1) is 0 Å². The van der Waals surface area contributed by atoms with Crippen LogP contribution in [0.2, 0.25) is 0 Å². The van der Waals surface area contributed by atoms with Crippen LogP contribution in [0.1, 0.15) is 48.9 Å². The summed E-state index contributed by atoms with van der Waals surface area (Å²) < 4.78 is 0. The molecule has 0 atom stereocenters. The molecule has 1 aromatic rings. The van der Waals surface area contributed by atoms with E-state index < -0.39 is 0 Å². The number of carbonyl (C=O) groups is 1. The van der Waals surface area contributed by atoms with Gasteiger partial charge in [0.15, 0.2) is 0 Å². The van der Waals surface area contributed by atoms with Crippen LogP contribution in [0.3, 0.4) is 0 Å². The minimum Gasteiger partial charge on any atom is -0.352 e. The average Bonchev–Trinajstić information content (AvgIpc) is 2.88. The number of hydrogen-bond acceptors (Lipinski definition) is 1. The van der Waals surface area contributed by atoms with Crippen molar-refractivity contribution >= 4 is 5.91 Å². The van der Waals surface area contributed by atoms with E-state index in [2.05, 4.69) is 5.32 Å². The van der Waals surface area contributed by atoms with Crippen molar-refractivity contribution in [2.24, 2.45) is 5.92 Å². The van der Waals surface area contributed by atoms with Crippen molar-refractivity contribution in [1.29, 1.82) is 0 Å². The summed E-state index contributed by atoms with van der Waals surface area (Å²) >= 11 is 0. The first-order chi connectivity index (χ1) is 8.36. The van der Waals surface area contributed by atoms with E-state index in [0.29, 0.717) is 0 Å². The van der Waals surface area contributed by atoms with Gasteiger partial charge in [0.25, 0.3) is 5.91 Å². The molecule has 0 aliphatic heterocycles. The first-order valence-corrected chi connectivity index (χ1v) is 6.69. The third-order valence-electron chi connectivity index (χ3n) is 3.59. The molecule has 0 spiro atoms. The van der Waals surface area contributed by atoms with Gasteiger partial charge in [-0.15, -0.1) is 0 Å². The summed E-state index contributed by atoms with van der Waals surface area (Å²) in [5.41, 5.74) is 0.758. The SMILES string of the molecule is O=C(NCCCC1CCCC1)c1ccccc1. The Morgan fingerprint density at radius 2 is 1.88 bits per heavy atom. The van der Waals surface area contributed by atoms with E-state index in [1.807, 2.05) is 30.3 Å². The molecule has 0 saturated heterocycles. The molecule has 92 valence electrons. The maximum absolute atomic E-state index is 11.7. The van der Waals surface area contributed by atoms with Gasteiger partial charge >= 0.3 is 0 Å². The second-order valence-corrected chi connectivity index (χ2v) is 4.91. The number of rotatable bonds is 5. The largest absolute Gasteiger partial charge is 0.352 e. The van der Waals surface area contributed by atoms with Crippen LogP contribution in [0.4, 0.5) is 0 Å². The van der Waals surface area contributed by atoms with Crippen molar-refractivity contribution in [1.82, 2.24) is 5.32 Å². The first-order valence-electron chi connectivity index (χ1n) is 6.69. The van der Waals surface area contributed by atoms with Gasteiger partial charge in [-0.2, -0.15) is 0 Å². The molecule has 0 unspecified atom stereocenters. The highest BCUT2D eigenvalue weighted by Gasteiger charge is 2.14. The van der Waals surface area contributed by atoms with Crippen molar-refractivity contribution in [3.05, 3.63) is 35.9 Å². The Morgan fingerprint density at radius 1 is 1.18 bits per heavy atom. The summed E-state index contributed by atoms with van der Waals surface area (Å²) in [6.07, 6.45) is 7.99. The fourth-order valence-electron chi connectivity index (χ4n) is 2.58. The predicted octanol–water partition coefficient (Wildman–Crippen LogP) is 3.39. The van der Waals surface area contributed by atoms with Crippen LogP contribution < -0.4 is 5.32 Å². The lowest BCUT2D eigenvalue weighted by atomic mass is 10.0. The predicted molar refractivity (Wildman–Crippen MR) is 70.0 cm³/mol. The number of carbonyl (C=O) groups excluding carboxylic acids is 1. The monoisotopic (exact) mass is 231 g/mol. The minimum atomic E-state index is 0.0528. The Balaban J connectivity index is 1.63. The fraction of sp³-hybridized carbons (Fsp3) is 0.533. The molecule has 2 heteroatoms. The van der Waals surface area contributed by atoms with Crippen molar-refractivity contribution in [3.63, 3.8) is 0 Å². The van der Waals surface area contributed by atoms with E-state index in [-0.39, 0.29) is 5.91 Å². The lowest BCUT2D eigenvalue weighted by molar-refractivity contribution is 0.0952. The summed E-state index contributed by atoms with van der Waals surface area (Å²) in [7, 11) is 0. The van der Waals surface area contributed by atoms with E-state index in [9.17, 15) is 4.79 Å². The minimum absolute atomic E-state index is 0.0528. The lowest BCUT2D eigenvalue weighted by Gasteiger charge is -2.09. The molecule has 2 rings (SSSR count). The molecular weight excluding hydrogens is 210 g/mol. The number of benzene rings is 1. The topological polar surface area (TPSA) is 29.1 Å². The molecule has 1 fully saturated rings. The molecule has 17 heavy (non-hydrogen) atoms. The van der Waals surface area contributed by atoms with Gasteiger partial charge in [0, 0.05) is 12.1 Å². The second kappa shape index (κ2) is 6.43. The smallest absolute Gasteiger partial charge is 0.251 e. The third-order valence-corrected chi connectivity index (χ3v) is 3.59. The van der Waals surface area contributed by atoms with Crippen molar-refractivity contribution in [2.45, 2.75) is 38.5 Å².